The molecule has 4 N–H and O–H groups in total. The van der Waals surface area contributed by atoms with Crippen LogP contribution < -0.4 is 10.6 Å². The van der Waals surface area contributed by atoms with E-state index < -0.39 is 11.8 Å². The lowest BCUT2D eigenvalue weighted by atomic mass is 9.92. The number of furan rings is 1. The van der Waals surface area contributed by atoms with Gasteiger partial charge in [0.2, 0.25) is 0 Å². The molecule has 3 rings (SSSR count). The molecule has 0 bridgehead atoms. The van der Waals surface area contributed by atoms with Gasteiger partial charge in [0.15, 0.2) is 5.76 Å². The minimum absolute atomic E-state index is 0.0242. The smallest absolute Gasteiger partial charge is 0.286 e. The first-order valence-electron chi connectivity index (χ1n) is 9.54. The van der Waals surface area contributed by atoms with Crippen molar-refractivity contribution in [3.8, 4) is 0 Å². The van der Waals surface area contributed by atoms with Crippen LogP contribution in [-0.4, -0.2) is 47.8 Å². The summed E-state index contributed by atoms with van der Waals surface area (Å²) in [7, 11) is 1.48. The van der Waals surface area contributed by atoms with Crippen molar-refractivity contribution in [2.24, 2.45) is 0 Å². The summed E-state index contributed by atoms with van der Waals surface area (Å²) in [6.07, 6.45) is 2.38. The standard InChI is InChI=1S/C21H26N2O5/c1-22-21(27)18-11-16(20(26)23-14-7-9-15(25)10-8-14)19(28-18)17(12-24)13-5-3-2-4-6-13/h2-6,11,14-15,17,24-25H,7-10,12H2,1H3,(H,22,27)(H,23,26)/t14?,15?,17-/m0/s1. The van der Waals surface area contributed by atoms with E-state index in [1.807, 2.05) is 30.3 Å². The number of carbonyl (C=O) groups is 2. The fourth-order valence-electron chi connectivity index (χ4n) is 3.58. The molecule has 2 amide bonds. The third kappa shape index (κ3) is 4.43. The molecule has 1 saturated carbocycles. The normalized spacial score (nSPS) is 20.4. The molecule has 1 aromatic carbocycles. The molecule has 0 radical (unpaired) electrons. The van der Waals surface area contributed by atoms with Crippen molar-refractivity contribution in [1.82, 2.24) is 10.6 Å². The Morgan fingerprint density at radius 1 is 1.14 bits per heavy atom. The Hall–Kier alpha value is -2.64. The van der Waals surface area contributed by atoms with Crippen LogP contribution in [0.15, 0.2) is 40.8 Å². The van der Waals surface area contributed by atoms with Crippen LogP contribution in [0.4, 0.5) is 0 Å². The fourth-order valence-corrected chi connectivity index (χ4v) is 3.58. The van der Waals surface area contributed by atoms with Crippen molar-refractivity contribution in [2.75, 3.05) is 13.7 Å². The van der Waals surface area contributed by atoms with Crippen LogP contribution in [0.3, 0.4) is 0 Å². The van der Waals surface area contributed by atoms with E-state index in [0.717, 1.165) is 5.56 Å². The van der Waals surface area contributed by atoms with Gasteiger partial charge in [-0.15, -0.1) is 0 Å². The van der Waals surface area contributed by atoms with E-state index in [4.69, 9.17) is 4.42 Å². The van der Waals surface area contributed by atoms with Crippen molar-refractivity contribution in [1.29, 1.82) is 0 Å². The summed E-state index contributed by atoms with van der Waals surface area (Å²) in [4.78, 5) is 25.0. The summed E-state index contributed by atoms with van der Waals surface area (Å²) in [5, 5.41) is 25.1. The summed E-state index contributed by atoms with van der Waals surface area (Å²) in [5.74, 6) is -1.05. The molecular formula is C21H26N2O5. The Kier molecular flexibility index (Phi) is 6.49. The maximum absolute atomic E-state index is 12.9. The number of hydrogen-bond acceptors (Lipinski definition) is 5. The number of amides is 2. The van der Waals surface area contributed by atoms with E-state index in [-0.39, 0.29) is 41.7 Å². The SMILES string of the molecule is CNC(=O)c1cc(C(=O)NC2CCC(O)CC2)c([C@@H](CO)c2ccccc2)o1. The Morgan fingerprint density at radius 3 is 2.43 bits per heavy atom. The van der Waals surface area contributed by atoms with Gasteiger partial charge >= 0.3 is 0 Å². The highest BCUT2D eigenvalue weighted by atomic mass is 16.4. The topological polar surface area (TPSA) is 112 Å². The molecular weight excluding hydrogens is 360 g/mol. The second-order valence-corrected chi connectivity index (χ2v) is 7.09. The Labute approximate surface area is 163 Å². The van der Waals surface area contributed by atoms with Crippen LogP contribution in [0.25, 0.3) is 0 Å². The van der Waals surface area contributed by atoms with Crippen LogP contribution in [-0.2, 0) is 0 Å². The molecule has 7 nitrogen and oxygen atoms in total. The third-order valence-corrected chi connectivity index (χ3v) is 5.19. The number of benzene rings is 1. The van der Waals surface area contributed by atoms with Crippen LogP contribution in [0.2, 0.25) is 0 Å². The van der Waals surface area contributed by atoms with Gasteiger partial charge in [0, 0.05) is 19.2 Å². The first kappa shape index (κ1) is 20.1. The van der Waals surface area contributed by atoms with Crippen LogP contribution >= 0.6 is 0 Å². The number of nitrogens with one attached hydrogen (secondary N) is 2. The van der Waals surface area contributed by atoms with Gasteiger partial charge in [-0.2, -0.15) is 0 Å². The van der Waals surface area contributed by atoms with Gasteiger partial charge in [0.1, 0.15) is 5.76 Å². The van der Waals surface area contributed by atoms with Crippen LogP contribution in [0, 0.1) is 0 Å². The van der Waals surface area contributed by atoms with Gasteiger partial charge < -0.3 is 25.3 Å². The van der Waals surface area contributed by atoms with Gasteiger partial charge in [0.05, 0.1) is 24.2 Å². The monoisotopic (exact) mass is 386 g/mol. The van der Waals surface area contributed by atoms with Crippen molar-refractivity contribution in [3.63, 3.8) is 0 Å². The predicted molar refractivity (Wildman–Crippen MR) is 103 cm³/mol. The molecule has 0 aliphatic heterocycles. The average Bonchev–Trinajstić information content (AvgIpc) is 3.16. The zero-order valence-electron chi connectivity index (χ0n) is 15.9. The second-order valence-electron chi connectivity index (χ2n) is 7.09. The van der Waals surface area contributed by atoms with E-state index in [9.17, 15) is 19.8 Å². The summed E-state index contributed by atoms with van der Waals surface area (Å²) in [6.45, 7) is -0.263. The lowest BCUT2D eigenvalue weighted by Gasteiger charge is -2.26. The van der Waals surface area contributed by atoms with Gasteiger partial charge in [-0.1, -0.05) is 30.3 Å². The molecule has 28 heavy (non-hydrogen) atoms. The minimum atomic E-state index is -0.562. The van der Waals surface area contributed by atoms with Gasteiger partial charge in [0.25, 0.3) is 11.8 Å². The molecule has 1 aliphatic rings. The molecule has 0 saturated heterocycles. The Bertz CT molecular complexity index is 809. The van der Waals surface area contributed by atoms with E-state index in [1.54, 1.807) is 0 Å². The highest BCUT2D eigenvalue weighted by Gasteiger charge is 2.29. The maximum Gasteiger partial charge on any atom is 0.286 e. The largest absolute Gasteiger partial charge is 0.454 e. The van der Waals surface area contributed by atoms with E-state index in [0.29, 0.717) is 25.7 Å². The Morgan fingerprint density at radius 2 is 1.82 bits per heavy atom. The zero-order valence-corrected chi connectivity index (χ0v) is 15.9. The number of hydrogen-bond donors (Lipinski definition) is 4. The van der Waals surface area contributed by atoms with E-state index in [1.165, 1.54) is 13.1 Å². The molecule has 1 aromatic heterocycles. The van der Waals surface area contributed by atoms with Crippen molar-refractivity contribution in [3.05, 3.63) is 59.0 Å². The van der Waals surface area contributed by atoms with Gasteiger partial charge in [-0.05, 0) is 31.2 Å². The Balaban J connectivity index is 1.91. The number of carbonyl (C=O) groups excluding carboxylic acids is 2. The summed E-state index contributed by atoms with van der Waals surface area (Å²) < 4.78 is 5.73. The maximum atomic E-state index is 12.9. The molecule has 2 aromatic rings. The van der Waals surface area contributed by atoms with Crippen LogP contribution in [0.1, 0.15) is 63.8 Å². The third-order valence-electron chi connectivity index (χ3n) is 5.19. The minimum Gasteiger partial charge on any atom is -0.454 e. The molecule has 1 atom stereocenters. The summed E-state index contributed by atoms with van der Waals surface area (Å²) >= 11 is 0. The quantitative estimate of drug-likeness (QED) is 0.605. The van der Waals surface area contributed by atoms with Crippen molar-refractivity contribution < 1.29 is 24.2 Å². The van der Waals surface area contributed by atoms with Gasteiger partial charge in [-0.25, -0.2) is 0 Å². The number of aliphatic hydroxyl groups is 2. The average molecular weight is 386 g/mol. The lowest BCUT2D eigenvalue weighted by molar-refractivity contribution is 0.0864. The van der Waals surface area contributed by atoms with Gasteiger partial charge in [-0.3, -0.25) is 9.59 Å². The summed E-state index contributed by atoms with van der Waals surface area (Å²) in [6, 6.07) is 10.6. The molecule has 1 heterocycles. The molecule has 1 aliphatic carbocycles. The fraction of sp³-hybridized carbons (Fsp3) is 0.429. The van der Waals surface area contributed by atoms with Crippen LogP contribution in [0.5, 0.6) is 0 Å². The van der Waals surface area contributed by atoms with E-state index in [2.05, 4.69) is 10.6 Å². The van der Waals surface area contributed by atoms with Crippen molar-refractivity contribution >= 4 is 11.8 Å². The zero-order chi connectivity index (χ0) is 20.1. The number of aliphatic hydroxyl groups excluding tert-OH is 2. The van der Waals surface area contributed by atoms with Crippen molar-refractivity contribution in [2.45, 2.75) is 43.7 Å². The van der Waals surface area contributed by atoms with E-state index >= 15 is 0 Å². The molecule has 0 unspecified atom stereocenters. The first-order valence-corrected chi connectivity index (χ1v) is 9.54. The highest BCUT2D eigenvalue weighted by Crippen LogP contribution is 2.30. The lowest BCUT2D eigenvalue weighted by Crippen LogP contribution is -2.38. The summed E-state index contributed by atoms with van der Waals surface area (Å²) in [5.41, 5.74) is 1.03. The molecule has 0 spiro atoms. The molecule has 150 valence electrons. The molecule has 7 heteroatoms. The molecule has 1 fully saturated rings. The second kappa shape index (κ2) is 9.03. The number of rotatable bonds is 6. The highest BCUT2D eigenvalue weighted by molar-refractivity contribution is 5.99. The predicted octanol–water partition coefficient (Wildman–Crippen LogP) is 1.80. The first-order chi connectivity index (χ1) is 13.5.